The molecule has 1 aliphatic heterocycles. The standard InChI is InChI=1S/C12H13BrO3/c1-6-8-4-7(13)5-9(11(14)15)10(8)16-12(6,2)3/h4-6H,1-3H3,(H,14,15). The van der Waals surface area contributed by atoms with Crippen LogP contribution >= 0.6 is 15.9 Å². The van der Waals surface area contributed by atoms with Crippen molar-refractivity contribution in [2.24, 2.45) is 0 Å². The molecule has 4 heteroatoms. The second-order valence-corrected chi connectivity index (χ2v) is 5.52. The van der Waals surface area contributed by atoms with Crippen LogP contribution in [0.25, 0.3) is 0 Å². The third-order valence-corrected chi connectivity index (χ3v) is 3.65. The second kappa shape index (κ2) is 3.48. The van der Waals surface area contributed by atoms with Crippen LogP contribution in [0.4, 0.5) is 0 Å². The Labute approximate surface area is 103 Å². The van der Waals surface area contributed by atoms with Crippen molar-refractivity contribution in [3.63, 3.8) is 0 Å². The number of ether oxygens (including phenoxy) is 1. The van der Waals surface area contributed by atoms with Crippen molar-refractivity contribution in [3.8, 4) is 5.75 Å². The SMILES string of the molecule is CC1c2cc(Br)cc(C(=O)O)c2OC1(C)C. The molecule has 86 valence electrons. The lowest BCUT2D eigenvalue weighted by molar-refractivity contribution is 0.0681. The number of fused-ring (bicyclic) bond motifs is 1. The number of carbonyl (C=O) groups is 1. The van der Waals surface area contributed by atoms with Gasteiger partial charge in [-0.15, -0.1) is 0 Å². The van der Waals surface area contributed by atoms with Crippen LogP contribution in [0.2, 0.25) is 0 Å². The highest BCUT2D eigenvalue weighted by Crippen LogP contribution is 2.47. The topological polar surface area (TPSA) is 46.5 Å². The molecular weight excluding hydrogens is 272 g/mol. The quantitative estimate of drug-likeness (QED) is 0.860. The Morgan fingerprint density at radius 2 is 2.12 bits per heavy atom. The number of halogens is 1. The highest BCUT2D eigenvalue weighted by atomic mass is 79.9. The van der Waals surface area contributed by atoms with Gasteiger partial charge in [-0.3, -0.25) is 0 Å². The molecule has 2 rings (SSSR count). The molecule has 1 N–H and O–H groups in total. The summed E-state index contributed by atoms with van der Waals surface area (Å²) < 4.78 is 6.53. The fourth-order valence-electron chi connectivity index (χ4n) is 1.94. The fraction of sp³-hybridized carbons (Fsp3) is 0.417. The van der Waals surface area contributed by atoms with Gasteiger partial charge in [0.25, 0.3) is 0 Å². The average molecular weight is 285 g/mol. The van der Waals surface area contributed by atoms with E-state index in [9.17, 15) is 4.79 Å². The molecule has 1 atom stereocenters. The normalized spacial score (nSPS) is 21.4. The fourth-order valence-corrected chi connectivity index (χ4v) is 2.41. The molecular formula is C12H13BrO3. The Morgan fingerprint density at radius 1 is 1.50 bits per heavy atom. The molecule has 0 aromatic heterocycles. The minimum atomic E-state index is -0.956. The van der Waals surface area contributed by atoms with E-state index in [0.29, 0.717) is 5.75 Å². The van der Waals surface area contributed by atoms with Gasteiger partial charge in [0.1, 0.15) is 16.9 Å². The molecule has 0 fully saturated rings. The zero-order valence-corrected chi connectivity index (χ0v) is 11.0. The largest absolute Gasteiger partial charge is 0.486 e. The highest BCUT2D eigenvalue weighted by Gasteiger charge is 2.40. The molecule has 0 saturated heterocycles. The van der Waals surface area contributed by atoms with E-state index in [1.165, 1.54) is 0 Å². The van der Waals surface area contributed by atoms with E-state index in [2.05, 4.69) is 15.9 Å². The third kappa shape index (κ3) is 1.61. The van der Waals surface area contributed by atoms with Gasteiger partial charge in [-0.2, -0.15) is 0 Å². The minimum Gasteiger partial charge on any atom is -0.486 e. The minimum absolute atomic E-state index is 0.179. The maximum absolute atomic E-state index is 11.1. The number of carboxylic acids is 1. The Morgan fingerprint density at radius 3 is 2.69 bits per heavy atom. The van der Waals surface area contributed by atoms with Crippen LogP contribution in [0.15, 0.2) is 16.6 Å². The van der Waals surface area contributed by atoms with Crippen LogP contribution in [-0.4, -0.2) is 16.7 Å². The lowest BCUT2D eigenvalue weighted by atomic mass is 9.88. The van der Waals surface area contributed by atoms with E-state index in [1.807, 2.05) is 26.8 Å². The molecule has 3 nitrogen and oxygen atoms in total. The maximum atomic E-state index is 11.1. The molecule has 1 aromatic rings. The van der Waals surface area contributed by atoms with Crippen molar-refractivity contribution in [3.05, 3.63) is 27.7 Å². The van der Waals surface area contributed by atoms with Gasteiger partial charge in [0.2, 0.25) is 0 Å². The molecule has 0 amide bonds. The molecule has 0 saturated carbocycles. The summed E-state index contributed by atoms with van der Waals surface area (Å²) in [6.45, 7) is 5.98. The van der Waals surface area contributed by atoms with Crippen molar-refractivity contribution in [1.29, 1.82) is 0 Å². The summed E-state index contributed by atoms with van der Waals surface area (Å²) in [5.74, 6) is -0.270. The number of carboxylic acid groups (broad SMARTS) is 1. The summed E-state index contributed by atoms with van der Waals surface area (Å²) in [5, 5.41) is 9.13. The Kier molecular flexibility index (Phi) is 2.49. The van der Waals surface area contributed by atoms with Gasteiger partial charge in [-0.25, -0.2) is 4.79 Å². The van der Waals surface area contributed by atoms with Crippen LogP contribution in [-0.2, 0) is 0 Å². The summed E-state index contributed by atoms with van der Waals surface area (Å²) in [6.07, 6.45) is 0. The molecule has 0 spiro atoms. The van der Waals surface area contributed by atoms with Crippen molar-refractivity contribution < 1.29 is 14.6 Å². The maximum Gasteiger partial charge on any atom is 0.339 e. The Hall–Kier alpha value is -1.03. The highest BCUT2D eigenvalue weighted by molar-refractivity contribution is 9.10. The van der Waals surface area contributed by atoms with Crippen LogP contribution < -0.4 is 4.74 Å². The number of hydrogen-bond acceptors (Lipinski definition) is 2. The number of benzene rings is 1. The lowest BCUT2D eigenvalue weighted by Gasteiger charge is -2.23. The first-order chi connectivity index (χ1) is 7.33. The molecule has 0 radical (unpaired) electrons. The van der Waals surface area contributed by atoms with Crippen molar-refractivity contribution in [1.82, 2.24) is 0 Å². The van der Waals surface area contributed by atoms with Crippen molar-refractivity contribution >= 4 is 21.9 Å². The van der Waals surface area contributed by atoms with E-state index >= 15 is 0 Å². The summed E-state index contributed by atoms with van der Waals surface area (Å²) in [7, 11) is 0. The zero-order chi connectivity index (χ0) is 12.1. The first-order valence-corrected chi connectivity index (χ1v) is 5.88. The van der Waals surface area contributed by atoms with Crippen LogP contribution in [0.3, 0.4) is 0 Å². The monoisotopic (exact) mass is 284 g/mol. The summed E-state index contributed by atoms with van der Waals surface area (Å²) in [5.41, 5.74) is 0.825. The zero-order valence-electron chi connectivity index (χ0n) is 9.37. The van der Waals surface area contributed by atoms with Crippen molar-refractivity contribution in [2.75, 3.05) is 0 Å². The van der Waals surface area contributed by atoms with Gasteiger partial charge in [0.15, 0.2) is 0 Å². The number of aromatic carboxylic acids is 1. The predicted molar refractivity (Wildman–Crippen MR) is 64.2 cm³/mol. The summed E-state index contributed by atoms with van der Waals surface area (Å²) in [6, 6.07) is 3.51. The molecule has 0 aliphatic carbocycles. The van der Waals surface area contributed by atoms with E-state index in [4.69, 9.17) is 9.84 Å². The smallest absolute Gasteiger partial charge is 0.339 e. The van der Waals surface area contributed by atoms with Gasteiger partial charge < -0.3 is 9.84 Å². The summed E-state index contributed by atoms with van der Waals surface area (Å²) in [4.78, 5) is 11.1. The average Bonchev–Trinajstić information content (AvgIpc) is 2.38. The molecule has 1 unspecified atom stereocenters. The van der Waals surface area contributed by atoms with E-state index in [0.717, 1.165) is 10.0 Å². The summed E-state index contributed by atoms with van der Waals surface area (Å²) >= 11 is 3.33. The molecule has 0 bridgehead atoms. The second-order valence-electron chi connectivity index (χ2n) is 4.60. The van der Waals surface area contributed by atoms with Crippen molar-refractivity contribution in [2.45, 2.75) is 32.3 Å². The Bertz CT molecular complexity index is 466. The van der Waals surface area contributed by atoms with Gasteiger partial charge >= 0.3 is 5.97 Å². The number of hydrogen-bond donors (Lipinski definition) is 1. The first-order valence-electron chi connectivity index (χ1n) is 5.08. The van der Waals surface area contributed by atoms with E-state index < -0.39 is 5.97 Å². The number of rotatable bonds is 1. The van der Waals surface area contributed by atoms with E-state index in [-0.39, 0.29) is 17.1 Å². The van der Waals surface area contributed by atoms with Gasteiger partial charge in [0, 0.05) is 16.0 Å². The molecule has 1 aromatic carbocycles. The van der Waals surface area contributed by atoms with E-state index in [1.54, 1.807) is 6.07 Å². The van der Waals surface area contributed by atoms with Gasteiger partial charge in [0.05, 0.1) is 0 Å². The van der Waals surface area contributed by atoms with Crippen LogP contribution in [0.1, 0.15) is 42.6 Å². The van der Waals surface area contributed by atoms with Crippen LogP contribution in [0, 0.1) is 0 Å². The predicted octanol–water partition coefficient (Wildman–Crippen LogP) is 3.42. The molecule has 1 aliphatic rings. The first kappa shape index (κ1) is 11.5. The molecule has 16 heavy (non-hydrogen) atoms. The van der Waals surface area contributed by atoms with Gasteiger partial charge in [-0.1, -0.05) is 22.9 Å². The Balaban J connectivity index is 2.65. The van der Waals surface area contributed by atoms with Crippen LogP contribution in [0.5, 0.6) is 5.75 Å². The van der Waals surface area contributed by atoms with Gasteiger partial charge in [-0.05, 0) is 26.0 Å². The molecule has 1 heterocycles. The lowest BCUT2D eigenvalue weighted by Crippen LogP contribution is -2.28. The third-order valence-electron chi connectivity index (χ3n) is 3.19.